The van der Waals surface area contributed by atoms with Crippen LogP contribution in [0.4, 0.5) is 0 Å². The molecule has 0 amide bonds. The first-order valence-electron chi connectivity index (χ1n) is 13.8. The molecular weight excluding hydrogens is 500 g/mol. The molecule has 0 radical (unpaired) electrons. The summed E-state index contributed by atoms with van der Waals surface area (Å²) in [6, 6.07) is 8.56. The maximum Gasteiger partial charge on any atom is 0.338 e. The molecule has 8 nitrogen and oxygen atoms in total. The summed E-state index contributed by atoms with van der Waals surface area (Å²) in [6.07, 6.45) is -3.28. The summed E-state index contributed by atoms with van der Waals surface area (Å²) in [5, 5.41) is 24.1. The fourth-order valence-corrected chi connectivity index (χ4v) is 8.21. The molecule has 2 unspecified atom stereocenters. The highest BCUT2D eigenvalue weighted by Gasteiger charge is 2.74. The van der Waals surface area contributed by atoms with Gasteiger partial charge in [0.05, 0.1) is 24.4 Å². The van der Waals surface area contributed by atoms with E-state index < -0.39 is 58.0 Å². The SMILES string of the molecule is CC(=O)O[C@H]1C(=O)[C@@]2(C)C([C@H](OC(=O)c3ccccc3)[C@]3(O)C[C@H](O)C(C)=C1C3(C)C)[C@]1(C)COC1C[C@@H]2C. The van der Waals surface area contributed by atoms with Gasteiger partial charge >= 0.3 is 11.9 Å². The number of aliphatic hydroxyl groups excluding tert-OH is 1. The minimum absolute atomic E-state index is 0.106. The Bertz CT molecular complexity index is 1240. The number of ketones is 1. The van der Waals surface area contributed by atoms with E-state index in [2.05, 4.69) is 0 Å². The number of hydrogen-bond acceptors (Lipinski definition) is 8. The van der Waals surface area contributed by atoms with E-state index in [0.717, 1.165) is 0 Å². The van der Waals surface area contributed by atoms with E-state index >= 15 is 0 Å². The van der Waals surface area contributed by atoms with Gasteiger partial charge in [-0.3, -0.25) is 9.59 Å². The number of ether oxygens (including phenoxy) is 3. The molecule has 1 aliphatic heterocycles. The van der Waals surface area contributed by atoms with Gasteiger partial charge in [-0.2, -0.15) is 0 Å². The standard InChI is InChI=1S/C31H40O8/c1-16-13-21-29(6,15-37-21)24-26(39-27(35)19-11-9-8-10-12-19)31(36)14-20(33)17(2)22(28(31,4)5)23(38-18(3)32)25(34)30(16,24)7/h8-12,16,20-21,23-24,26,33,36H,13-15H2,1-7H3/t16-,20-,21?,23+,24?,26-,29+,30+,31+/m0/s1. The summed E-state index contributed by atoms with van der Waals surface area (Å²) in [5.74, 6) is -2.46. The van der Waals surface area contributed by atoms with Gasteiger partial charge in [-0.25, -0.2) is 4.79 Å². The molecule has 9 atom stereocenters. The first kappa shape index (κ1) is 28.0. The van der Waals surface area contributed by atoms with E-state index in [-0.39, 0.29) is 24.2 Å². The Morgan fingerprint density at radius 1 is 1.08 bits per heavy atom. The lowest BCUT2D eigenvalue weighted by Crippen LogP contribution is -2.76. The molecule has 3 aliphatic carbocycles. The second-order valence-corrected chi connectivity index (χ2v) is 13.1. The van der Waals surface area contributed by atoms with E-state index in [1.54, 1.807) is 51.1 Å². The van der Waals surface area contributed by atoms with Crippen LogP contribution in [0.25, 0.3) is 0 Å². The number of fused-ring (bicyclic) bond motifs is 5. The van der Waals surface area contributed by atoms with Crippen molar-refractivity contribution in [1.29, 1.82) is 0 Å². The minimum atomic E-state index is -1.79. The summed E-state index contributed by atoms with van der Waals surface area (Å²) in [5.41, 5.74) is -3.57. The predicted octanol–water partition coefficient (Wildman–Crippen LogP) is 3.63. The van der Waals surface area contributed by atoms with Crippen molar-refractivity contribution in [2.24, 2.45) is 28.1 Å². The van der Waals surface area contributed by atoms with Crippen LogP contribution < -0.4 is 0 Å². The Hall–Kier alpha value is -2.55. The molecule has 2 saturated carbocycles. The summed E-state index contributed by atoms with van der Waals surface area (Å²) < 4.78 is 18.1. The number of aliphatic hydroxyl groups is 2. The molecule has 1 aromatic carbocycles. The van der Waals surface area contributed by atoms with E-state index in [9.17, 15) is 24.6 Å². The smallest absolute Gasteiger partial charge is 0.338 e. The van der Waals surface area contributed by atoms with Crippen molar-refractivity contribution in [3.05, 3.63) is 47.0 Å². The van der Waals surface area contributed by atoms with Crippen LogP contribution in [0.1, 0.15) is 71.7 Å². The van der Waals surface area contributed by atoms with Crippen LogP contribution in [0, 0.1) is 28.1 Å². The fraction of sp³-hybridized carbons (Fsp3) is 0.645. The highest BCUT2D eigenvalue weighted by molar-refractivity contribution is 5.95. The van der Waals surface area contributed by atoms with Crippen molar-refractivity contribution in [3.63, 3.8) is 0 Å². The molecule has 8 heteroatoms. The van der Waals surface area contributed by atoms with Crippen LogP contribution >= 0.6 is 0 Å². The predicted molar refractivity (Wildman–Crippen MR) is 141 cm³/mol. The normalized spacial score (nSPS) is 42.7. The molecule has 1 saturated heterocycles. The Balaban J connectivity index is 1.80. The van der Waals surface area contributed by atoms with E-state index in [1.165, 1.54) is 6.92 Å². The van der Waals surface area contributed by atoms with Gasteiger partial charge in [0, 0.05) is 35.5 Å². The van der Waals surface area contributed by atoms with Gasteiger partial charge in [0.1, 0.15) is 11.7 Å². The monoisotopic (exact) mass is 540 g/mol. The zero-order valence-corrected chi connectivity index (χ0v) is 23.8. The summed E-state index contributed by atoms with van der Waals surface area (Å²) >= 11 is 0. The molecule has 39 heavy (non-hydrogen) atoms. The topological polar surface area (TPSA) is 119 Å². The number of benzene rings is 1. The number of esters is 2. The van der Waals surface area contributed by atoms with Gasteiger partial charge in [-0.1, -0.05) is 52.8 Å². The summed E-state index contributed by atoms with van der Waals surface area (Å²) in [7, 11) is 0. The van der Waals surface area contributed by atoms with Gasteiger partial charge in [0.15, 0.2) is 11.9 Å². The molecule has 4 aliphatic rings. The third-order valence-corrected chi connectivity index (χ3v) is 10.8. The molecule has 0 aromatic heterocycles. The van der Waals surface area contributed by atoms with Crippen LogP contribution in [-0.2, 0) is 23.8 Å². The number of rotatable bonds is 3. The van der Waals surface area contributed by atoms with Crippen LogP contribution in [0.15, 0.2) is 41.5 Å². The van der Waals surface area contributed by atoms with Gasteiger partial charge in [0.2, 0.25) is 0 Å². The molecule has 3 fully saturated rings. The van der Waals surface area contributed by atoms with E-state index in [0.29, 0.717) is 29.7 Å². The average Bonchev–Trinajstić information content (AvgIpc) is 2.87. The van der Waals surface area contributed by atoms with E-state index in [4.69, 9.17) is 14.2 Å². The summed E-state index contributed by atoms with van der Waals surface area (Å²) in [6.45, 7) is 12.7. The van der Waals surface area contributed by atoms with Gasteiger partial charge < -0.3 is 24.4 Å². The van der Waals surface area contributed by atoms with Crippen LogP contribution in [0.2, 0.25) is 0 Å². The number of hydrogen-bond donors (Lipinski definition) is 2. The fourth-order valence-electron chi connectivity index (χ4n) is 8.21. The minimum Gasteiger partial charge on any atom is -0.455 e. The lowest BCUT2D eigenvalue weighted by Gasteiger charge is -2.68. The van der Waals surface area contributed by atoms with Crippen molar-refractivity contribution in [1.82, 2.24) is 0 Å². The largest absolute Gasteiger partial charge is 0.455 e. The Labute approximate surface area is 229 Å². The average molecular weight is 541 g/mol. The number of carbonyl (C=O) groups is 3. The molecule has 2 bridgehead atoms. The third kappa shape index (κ3) is 3.71. The quantitative estimate of drug-likeness (QED) is 0.441. The molecular formula is C31H40O8. The maximum atomic E-state index is 14.8. The number of Topliss-reactive ketones (excluding diaryl/α,β-unsaturated/α-hetero) is 1. The van der Waals surface area contributed by atoms with Gasteiger partial charge in [0.25, 0.3) is 0 Å². The zero-order chi connectivity index (χ0) is 28.7. The lowest BCUT2D eigenvalue weighted by atomic mass is 9.41. The molecule has 1 heterocycles. The molecule has 5 rings (SSSR count). The maximum absolute atomic E-state index is 14.8. The first-order chi connectivity index (χ1) is 18.1. The molecule has 0 spiro atoms. The van der Waals surface area contributed by atoms with Crippen LogP contribution in [0.3, 0.4) is 0 Å². The number of carbonyl (C=O) groups excluding carboxylic acids is 3. The Kier molecular flexibility index (Phi) is 6.45. The van der Waals surface area contributed by atoms with Crippen molar-refractivity contribution in [2.75, 3.05) is 6.61 Å². The second-order valence-electron chi connectivity index (χ2n) is 13.1. The van der Waals surface area contributed by atoms with Crippen molar-refractivity contribution in [3.8, 4) is 0 Å². The van der Waals surface area contributed by atoms with Crippen LogP contribution in [0.5, 0.6) is 0 Å². The molecule has 1 aromatic rings. The first-order valence-corrected chi connectivity index (χ1v) is 13.8. The highest BCUT2D eigenvalue weighted by Crippen LogP contribution is 2.67. The van der Waals surface area contributed by atoms with Crippen molar-refractivity contribution < 1.29 is 38.8 Å². The second kappa shape index (κ2) is 8.98. The Morgan fingerprint density at radius 3 is 2.28 bits per heavy atom. The van der Waals surface area contributed by atoms with Crippen LogP contribution in [-0.4, -0.2) is 64.6 Å². The summed E-state index contributed by atoms with van der Waals surface area (Å²) in [4.78, 5) is 40.8. The van der Waals surface area contributed by atoms with Crippen molar-refractivity contribution >= 4 is 17.7 Å². The highest BCUT2D eigenvalue weighted by atomic mass is 16.6. The van der Waals surface area contributed by atoms with E-state index in [1.807, 2.05) is 20.8 Å². The third-order valence-electron chi connectivity index (χ3n) is 10.8. The zero-order valence-electron chi connectivity index (χ0n) is 23.8. The lowest BCUT2D eigenvalue weighted by molar-refractivity contribution is -0.306. The molecule has 2 N–H and O–H groups in total. The van der Waals surface area contributed by atoms with Gasteiger partial charge in [-0.05, 0) is 42.5 Å². The Morgan fingerprint density at radius 2 is 1.72 bits per heavy atom. The van der Waals surface area contributed by atoms with Crippen molar-refractivity contribution in [2.45, 2.75) is 91.3 Å². The molecule has 212 valence electrons. The van der Waals surface area contributed by atoms with Gasteiger partial charge in [-0.15, -0.1) is 0 Å².